The first-order chi connectivity index (χ1) is 8.20. The van der Waals surface area contributed by atoms with E-state index in [9.17, 15) is 10.1 Å². The Balaban J connectivity index is 2.24. The second-order valence-electron chi connectivity index (χ2n) is 3.76. The Hall–Kier alpha value is -2.11. The van der Waals surface area contributed by atoms with E-state index in [0.29, 0.717) is 5.88 Å². The number of anilines is 1. The van der Waals surface area contributed by atoms with Crippen molar-refractivity contribution in [1.82, 2.24) is 4.98 Å². The standard InChI is InChI=1S/C11H13N3O3/c1-17-10-7-6-9(14(15)16)11(13-10)12-8-4-2-3-5-8/h2-3,6-8H,4-5H2,1H3,(H,12,13). The Morgan fingerprint density at radius 2 is 2.18 bits per heavy atom. The maximum absolute atomic E-state index is 10.9. The van der Waals surface area contributed by atoms with Crippen molar-refractivity contribution in [3.63, 3.8) is 0 Å². The van der Waals surface area contributed by atoms with Crippen LogP contribution in [0.5, 0.6) is 5.88 Å². The van der Waals surface area contributed by atoms with Gasteiger partial charge in [-0.25, -0.2) is 0 Å². The Morgan fingerprint density at radius 1 is 1.47 bits per heavy atom. The van der Waals surface area contributed by atoms with Gasteiger partial charge in [0.1, 0.15) is 0 Å². The fourth-order valence-electron chi connectivity index (χ4n) is 1.73. The Labute approximate surface area is 98.5 Å². The molecule has 0 spiro atoms. The predicted molar refractivity (Wildman–Crippen MR) is 63.2 cm³/mol. The fraction of sp³-hybridized carbons (Fsp3) is 0.364. The normalized spacial score (nSPS) is 14.9. The van der Waals surface area contributed by atoms with Crippen molar-refractivity contribution in [2.24, 2.45) is 0 Å². The van der Waals surface area contributed by atoms with Gasteiger partial charge in [0, 0.05) is 18.2 Å². The average Bonchev–Trinajstić information content (AvgIpc) is 2.81. The van der Waals surface area contributed by atoms with Crippen molar-refractivity contribution in [3.05, 3.63) is 34.4 Å². The lowest BCUT2D eigenvalue weighted by atomic mass is 10.2. The third-order valence-corrected chi connectivity index (χ3v) is 2.60. The zero-order valence-corrected chi connectivity index (χ0v) is 9.42. The van der Waals surface area contributed by atoms with E-state index in [1.807, 2.05) is 12.2 Å². The van der Waals surface area contributed by atoms with E-state index < -0.39 is 4.92 Å². The SMILES string of the molecule is COc1ccc([N+](=O)[O-])c(NC2CC=CC2)n1. The van der Waals surface area contributed by atoms with Crippen molar-refractivity contribution in [2.45, 2.75) is 18.9 Å². The molecule has 0 unspecified atom stereocenters. The average molecular weight is 235 g/mol. The van der Waals surface area contributed by atoms with Crippen LogP contribution in [0.4, 0.5) is 11.5 Å². The molecule has 1 aliphatic rings. The highest BCUT2D eigenvalue weighted by Crippen LogP contribution is 2.27. The first-order valence-corrected chi connectivity index (χ1v) is 5.31. The summed E-state index contributed by atoms with van der Waals surface area (Å²) in [6, 6.07) is 3.06. The summed E-state index contributed by atoms with van der Waals surface area (Å²) in [7, 11) is 1.48. The van der Waals surface area contributed by atoms with Gasteiger partial charge in [-0.1, -0.05) is 12.2 Å². The minimum Gasteiger partial charge on any atom is -0.481 e. The van der Waals surface area contributed by atoms with Crippen LogP contribution in [-0.4, -0.2) is 23.1 Å². The zero-order chi connectivity index (χ0) is 12.3. The summed E-state index contributed by atoms with van der Waals surface area (Å²) in [6.07, 6.45) is 5.80. The van der Waals surface area contributed by atoms with Crippen LogP contribution >= 0.6 is 0 Å². The van der Waals surface area contributed by atoms with Gasteiger partial charge in [-0.3, -0.25) is 10.1 Å². The molecule has 0 aliphatic heterocycles. The molecule has 1 aromatic rings. The molecule has 0 fully saturated rings. The maximum atomic E-state index is 10.9. The van der Waals surface area contributed by atoms with Gasteiger partial charge in [0.25, 0.3) is 0 Å². The number of nitro groups is 1. The summed E-state index contributed by atoms with van der Waals surface area (Å²) in [4.78, 5) is 14.5. The van der Waals surface area contributed by atoms with Crippen LogP contribution in [-0.2, 0) is 0 Å². The van der Waals surface area contributed by atoms with Gasteiger partial charge in [0.15, 0.2) is 0 Å². The first kappa shape index (κ1) is 11.4. The fourth-order valence-corrected chi connectivity index (χ4v) is 1.73. The van der Waals surface area contributed by atoms with E-state index in [1.165, 1.54) is 19.2 Å². The molecule has 1 aliphatic carbocycles. The summed E-state index contributed by atoms with van der Waals surface area (Å²) < 4.78 is 4.96. The van der Waals surface area contributed by atoms with Gasteiger partial charge in [-0.15, -0.1) is 0 Å². The number of nitrogens with zero attached hydrogens (tertiary/aromatic N) is 2. The number of methoxy groups -OCH3 is 1. The van der Waals surface area contributed by atoms with Crippen LogP contribution in [0.2, 0.25) is 0 Å². The number of hydrogen-bond acceptors (Lipinski definition) is 5. The highest BCUT2D eigenvalue weighted by atomic mass is 16.6. The Kier molecular flexibility index (Phi) is 3.22. The van der Waals surface area contributed by atoms with Crippen molar-refractivity contribution in [3.8, 4) is 5.88 Å². The van der Waals surface area contributed by atoms with Crippen molar-refractivity contribution >= 4 is 11.5 Å². The molecule has 0 saturated heterocycles. The first-order valence-electron chi connectivity index (χ1n) is 5.31. The molecule has 0 bridgehead atoms. The molecule has 6 nitrogen and oxygen atoms in total. The molecule has 17 heavy (non-hydrogen) atoms. The lowest BCUT2D eigenvalue weighted by Crippen LogP contribution is -2.17. The topological polar surface area (TPSA) is 77.3 Å². The van der Waals surface area contributed by atoms with Gasteiger partial charge in [0.05, 0.1) is 12.0 Å². The molecule has 6 heteroatoms. The number of aromatic nitrogens is 1. The summed E-state index contributed by atoms with van der Waals surface area (Å²) >= 11 is 0. The summed E-state index contributed by atoms with van der Waals surface area (Å²) in [5.74, 6) is 0.632. The number of hydrogen-bond donors (Lipinski definition) is 1. The minimum absolute atomic E-state index is 0.0299. The van der Waals surface area contributed by atoms with E-state index in [2.05, 4.69) is 10.3 Å². The second kappa shape index (κ2) is 4.82. The van der Waals surface area contributed by atoms with Gasteiger partial charge in [-0.05, 0) is 12.8 Å². The van der Waals surface area contributed by atoms with Crippen LogP contribution in [0.3, 0.4) is 0 Å². The highest BCUT2D eigenvalue weighted by molar-refractivity contribution is 5.57. The Morgan fingerprint density at radius 3 is 2.76 bits per heavy atom. The molecule has 1 heterocycles. The molecule has 0 atom stereocenters. The minimum atomic E-state index is -0.447. The quantitative estimate of drug-likeness (QED) is 0.491. The maximum Gasteiger partial charge on any atom is 0.311 e. The molecule has 2 rings (SSSR count). The smallest absolute Gasteiger partial charge is 0.311 e. The number of nitrogens with one attached hydrogen (secondary N) is 1. The lowest BCUT2D eigenvalue weighted by Gasteiger charge is -2.13. The lowest BCUT2D eigenvalue weighted by molar-refractivity contribution is -0.384. The van der Waals surface area contributed by atoms with Crippen molar-refractivity contribution in [2.75, 3.05) is 12.4 Å². The third-order valence-electron chi connectivity index (χ3n) is 2.60. The number of pyridine rings is 1. The summed E-state index contributed by atoms with van der Waals surface area (Å²) in [6.45, 7) is 0. The van der Waals surface area contributed by atoms with E-state index in [4.69, 9.17) is 4.74 Å². The molecule has 0 aromatic carbocycles. The highest BCUT2D eigenvalue weighted by Gasteiger charge is 2.20. The van der Waals surface area contributed by atoms with E-state index >= 15 is 0 Å². The number of rotatable bonds is 4. The molecule has 1 N–H and O–H groups in total. The van der Waals surface area contributed by atoms with E-state index in [0.717, 1.165) is 12.8 Å². The molecule has 0 radical (unpaired) electrons. The molecular formula is C11H13N3O3. The van der Waals surface area contributed by atoms with Crippen LogP contribution in [0.25, 0.3) is 0 Å². The largest absolute Gasteiger partial charge is 0.481 e. The van der Waals surface area contributed by atoms with Gasteiger partial charge in [0.2, 0.25) is 11.7 Å². The van der Waals surface area contributed by atoms with Crippen LogP contribution < -0.4 is 10.1 Å². The van der Waals surface area contributed by atoms with Crippen molar-refractivity contribution < 1.29 is 9.66 Å². The summed E-state index contributed by atoms with van der Waals surface area (Å²) in [5.41, 5.74) is -0.0299. The van der Waals surface area contributed by atoms with Crippen LogP contribution in [0.15, 0.2) is 24.3 Å². The second-order valence-corrected chi connectivity index (χ2v) is 3.76. The van der Waals surface area contributed by atoms with Gasteiger partial charge < -0.3 is 10.1 Å². The summed E-state index contributed by atoms with van der Waals surface area (Å²) in [5, 5.41) is 13.9. The van der Waals surface area contributed by atoms with Crippen LogP contribution in [0, 0.1) is 10.1 Å². The Bertz CT molecular complexity index is 451. The third kappa shape index (κ3) is 2.52. The molecule has 0 amide bonds. The molecular weight excluding hydrogens is 222 g/mol. The number of ether oxygens (including phenoxy) is 1. The molecule has 1 aromatic heterocycles. The predicted octanol–water partition coefficient (Wildman–Crippen LogP) is 2.13. The van der Waals surface area contributed by atoms with Gasteiger partial charge >= 0.3 is 5.69 Å². The molecule has 90 valence electrons. The van der Waals surface area contributed by atoms with E-state index in [-0.39, 0.29) is 17.5 Å². The van der Waals surface area contributed by atoms with E-state index in [1.54, 1.807) is 0 Å². The van der Waals surface area contributed by atoms with Crippen molar-refractivity contribution in [1.29, 1.82) is 0 Å². The monoisotopic (exact) mass is 235 g/mol. The van der Waals surface area contributed by atoms with Gasteiger partial charge in [-0.2, -0.15) is 4.98 Å². The molecule has 0 saturated carbocycles. The van der Waals surface area contributed by atoms with Crippen LogP contribution in [0.1, 0.15) is 12.8 Å². The zero-order valence-electron chi connectivity index (χ0n) is 9.42.